The van der Waals surface area contributed by atoms with Crippen LogP contribution in [0.3, 0.4) is 0 Å². The van der Waals surface area contributed by atoms with Crippen molar-refractivity contribution in [1.82, 2.24) is 4.90 Å². The van der Waals surface area contributed by atoms with E-state index in [1.165, 1.54) is 11.1 Å². The summed E-state index contributed by atoms with van der Waals surface area (Å²) in [6.07, 6.45) is 0.962. The summed E-state index contributed by atoms with van der Waals surface area (Å²) in [4.78, 5) is 13.1. The third kappa shape index (κ3) is 2.45. The molecule has 0 aromatic heterocycles. The maximum Gasteiger partial charge on any atom is 0.150 e. The molecule has 15 heavy (non-hydrogen) atoms. The van der Waals surface area contributed by atoms with Gasteiger partial charge in [-0.1, -0.05) is 6.07 Å². The molecule has 0 unspecified atom stereocenters. The minimum absolute atomic E-state index is 0.845. The largest absolute Gasteiger partial charge is 0.305 e. The zero-order valence-electron chi connectivity index (χ0n) is 10.2. The summed E-state index contributed by atoms with van der Waals surface area (Å²) >= 11 is 0. The van der Waals surface area contributed by atoms with Gasteiger partial charge in [0.2, 0.25) is 0 Å². The molecule has 0 saturated heterocycles. The van der Waals surface area contributed by atoms with E-state index in [-0.39, 0.29) is 0 Å². The summed E-state index contributed by atoms with van der Waals surface area (Å²) in [5.41, 5.74) is 5.58. The summed E-state index contributed by atoms with van der Waals surface area (Å²) in [5, 5.41) is 0. The molecule has 1 rings (SSSR count). The number of nitrogens with zero attached hydrogens (tertiary/aromatic N) is 1. The predicted octanol–water partition coefficient (Wildman–Crippen LogP) is 2.49. The molecular formula is C13H19NO. The lowest BCUT2D eigenvalue weighted by atomic mass is 9.94. The zero-order chi connectivity index (χ0) is 11.6. The van der Waals surface area contributed by atoms with Crippen molar-refractivity contribution in [3.63, 3.8) is 0 Å². The Kier molecular flexibility index (Phi) is 3.64. The van der Waals surface area contributed by atoms with Crippen molar-refractivity contribution < 1.29 is 4.79 Å². The standard InChI is InChI=1S/C13H19NO/c1-9-6-10(2)13(8-15)11(3)12(9)7-14(4)5/h6,8H,7H2,1-5H3. The summed E-state index contributed by atoms with van der Waals surface area (Å²) in [6, 6.07) is 2.09. The molecule has 0 aliphatic rings. The maximum absolute atomic E-state index is 11.0. The van der Waals surface area contributed by atoms with E-state index in [4.69, 9.17) is 0 Å². The number of aryl methyl sites for hydroxylation is 2. The van der Waals surface area contributed by atoms with Gasteiger partial charge >= 0.3 is 0 Å². The lowest BCUT2D eigenvalue weighted by Gasteiger charge is -2.17. The fraction of sp³-hybridized carbons (Fsp3) is 0.462. The van der Waals surface area contributed by atoms with Crippen LogP contribution < -0.4 is 0 Å². The molecule has 0 amide bonds. The Morgan fingerprint density at radius 3 is 2.27 bits per heavy atom. The molecule has 0 fully saturated rings. The third-order valence-electron chi connectivity index (χ3n) is 2.78. The zero-order valence-corrected chi connectivity index (χ0v) is 10.2. The molecule has 0 saturated carbocycles. The number of rotatable bonds is 3. The molecule has 0 heterocycles. The molecule has 82 valence electrons. The van der Waals surface area contributed by atoms with Gasteiger partial charge in [-0.15, -0.1) is 0 Å². The Morgan fingerprint density at radius 1 is 1.20 bits per heavy atom. The highest BCUT2D eigenvalue weighted by molar-refractivity contribution is 5.80. The topological polar surface area (TPSA) is 20.3 Å². The van der Waals surface area contributed by atoms with E-state index in [9.17, 15) is 4.79 Å². The minimum Gasteiger partial charge on any atom is -0.305 e. The van der Waals surface area contributed by atoms with Crippen LogP contribution in [0.5, 0.6) is 0 Å². The van der Waals surface area contributed by atoms with Crippen molar-refractivity contribution in [3.05, 3.63) is 33.9 Å². The first-order valence-corrected chi connectivity index (χ1v) is 5.17. The molecule has 0 bridgehead atoms. The van der Waals surface area contributed by atoms with Gasteiger partial charge in [0.1, 0.15) is 0 Å². The Labute approximate surface area is 91.9 Å². The van der Waals surface area contributed by atoms with Crippen LogP contribution >= 0.6 is 0 Å². The average molecular weight is 205 g/mol. The van der Waals surface area contributed by atoms with Gasteiger partial charge in [-0.3, -0.25) is 4.79 Å². The molecular weight excluding hydrogens is 186 g/mol. The average Bonchev–Trinajstić information content (AvgIpc) is 2.12. The number of carbonyl (C=O) groups is 1. The fourth-order valence-electron chi connectivity index (χ4n) is 1.98. The number of hydrogen-bond acceptors (Lipinski definition) is 2. The molecule has 0 radical (unpaired) electrons. The van der Waals surface area contributed by atoms with Crippen LogP contribution in [-0.4, -0.2) is 25.3 Å². The number of benzene rings is 1. The monoisotopic (exact) mass is 205 g/mol. The smallest absolute Gasteiger partial charge is 0.150 e. The highest BCUT2D eigenvalue weighted by atomic mass is 16.1. The Hall–Kier alpha value is -1.15. The first-order chi connectivity index (χ1) is 6.97. The Morgan fingerprint density at radius 2 is 1.80 bits per heavy atom. The van der Waals surface area contributed by atoms with E-state index in [1.807, 2.05) is 27.9 Å². The first-order valence-electron chi connectivity index (χ1n) is 5.17. The predicted molar refractivity (Wildman–Crippen MR) is 63.4 cm³/mol. The number of aldehydes is 1. The van der Waals surface area contributed by atoms with Crippen molar-refractivity contribution in [2.75, 3.05) is 14.1 Å². The summed E-state index contributed by atoms with van der Waals surface area (Å²) in [6.45, 7) is 7.01. The van der Waals surface area contributed by atoms with Crippen LogP contribution in [0.1, 0.15) is 32.6 Å². The summed E-state index contributed by atoms with van der Waals surface area (Å²) < 4.78 is 0. The maximum atomic E-state index is 11.0. The quantitative estimate of drug-likeness (QED) is 0.707. The van der Waals surface area contributed by atoms with Crippen LogP contribution in [0.15, 0.2) is 6.07 Å². The highest BCUT2D eigenvalue weighted by Gasteiger charge is 2.10. The van der Waals surface area contributed by atoms with Crippen molar-refractivity contribution in [1.29, 1.82) is 0 Å². The molecule has 0 aliphatic carbocycles. The minimum atomic E-state index is 0.845. The molecule has 2 nitrogen and oxygen atoms in total. The van der Waals surface area contributed by atoms with Crippen LogP contribution in [0, 0.1) is 20.8 Å². The molecule has 1 aromatic rings. The molecule has 1 aromatic carbocycles. The van der Waals surface area contributed by atoms with Gasteiger partial charge in [-0.05, 0) is 57.1 Å². The van der Waals surface area contributed by atoms with E-state index in [0.29, 0.717) is 0 Å². The number of hydrogen-bond donors (Lipinski definition) is 0. The summed E-state index contributed by atoms with van der Waals surface area (Å²) in [7, 11) is 4.08. The van der Waals surface area contributed by atoms with Crippen LogP contribution in [0.2, 0.25) is 0 Å². The summed E-state index contributed by atoms with van der Waals surface area (Å²) in [5.74, 6) is 0. The van der Waals surface area contributed by atoms with Crippen LogP contribution in [0.4, 0.5) is 0 Å². The first kappa shape index (κ1) is 11.9. The molecule has 0 atom stereocenters. The molecule has 0 aliphatic heterocycles. The van der Waals surface area contributed by atoms with Crippen molar-refractivity contribution in [3.8, 4) is 0 Å². The molecule has 2 heteroatoms. The van der Waals surface area contributed by atoms with Gasteiger partial charge < -0.3 is 4.90 Å². The van der Waals surface area contributed by atoms with Crippen molar-refractivity contribution >= 4 is 6.29 Å². The van der Waals surface area contributed by atoms with E-state index >= 15 is 0 Å². The normalized spacial score (nSPS) is 10.8. The lowest BCUT2D eigenvalue weighted by Crippen LogP contribution is -2.14. The molecule has 0 spiro atoms. The second-order valence-corrected chi connectivity index (χ2v) is 4.38. The van der Waals surface area contributed by atoms with Gasteiger partial charge in [0.15, 0.2) is 6.29 Å². The van der Waals surface area contributed by atoms with Gasteiger partial charge in [-0.25, -0.2) is 0 Å². The van der Waals surface area contributed by atoms with Crippen LogP contribution in [0.25, 0.3) is 0 Å². The number of carbonyl (C=O) groups excluding carboxylic acids is 1. The van der Waals surface area contributed by atoms with Crippen molar-refractivity contribution in [2.24, 2.45) is 0 Å². The lowest BCUT2D eigenvalue weighted by molar-refractivity contribution is 0.112. The highest BCUT2D eigenvalue weighted by Crippen LogP contribution is 2.21. The van der Waals surface area contributed by atoms with Crippen molar-refractivity contribution in [2.45, 2.75) is 27.3 Å². The van der Waals surface area contributed by atoms with Gasteiger partial charge in [0.25, 0.3) is 0 Å². The van der Waals surface area contributed by atoms with Crippen LogP contribution in [-0.2, 0) is 6.54 Å². The SMILES string of the molecule is Cc1cc(C)c(CN(C)C)c(C)c1C=O. The van der Waals surface area contributed by atoms with Gasteiger partial charge in [0, 0.05) is 12.1 Å². The van der Waals surface area contributed by atoms with E-state index < -0.39 is 0 Å². The second-order valence-electron chi connectivity index (χ2n) is 4.38. The van der Waals surface area contributed by atoms with E-state index in [1.54, 1.807) is 0 Å². The molecule has 0 N–H and O–H groups in total. The third-order valence-corrected chi connectivity index (χ3v) is 2.78. The van der Waals surface area contributed by atoms with Gasteiger partial charge in [0.05, 0.1) is 0 Å². The second kappa shape index (κ2) is 4.58. The Bertz CT molecular complexity index is 381. The van der Waals surface area contributed by atoms with E-state index in [0.717, 1.165) is 29.5 Å². The van der Waals surface area contributed by atoms with E-state index in [2.05, 4.69) is 17.9 Å². The van der Waals surface area contributed by atoms with Gasteiger partial charge in [-0.2, -0.15) is 0 Å². The Balaban J connectivity index is 3.32. The fourth-order valence-corrected chi connectivity index (χ4v) is 1.98.